The molecule has 0 aliphatic rings. The summed E-state index contributed by atoms with van der Waals surface area (Å²) in [7, 11) is 0. The van der Waals surface area contributed by atoms with Gasteiger partial charge in [-0.25, -0.2) is 4.79 Å². The van der Waals surface area contributed by atoms with Crippen molar-refractivity contribution >= 4 is 11.8 Å². The first-order valence-electron chi connectivity index (χ1n) is 4.86. The summed E-state index contributed by atoms with van der Waals surface area (Å²) < 4.78 is 0. The molecule has 0 aromatic heterocycles. The minimum atomic E-state index is -1.91. The molecule has 0 saturated heterocycles. The van der Waals surface area contributed by atoms with E-state index in [1.165, 1.54) is 6.07 Å². The number of nitrogens with two attached hydrogens (primary N) is 1. The summed E-state index contributed by atoms with van der Waals surface area (Å²) in [6, 6.07) is 9.81. The van der Waals surface area contributed by atoms with E-state index in [9.17, 15) is 9.59 Å². The van der Waals surface area contributed by atoms with E-state index in [4.69, 9.17) is 10.8 Å². The lowest BCUT2D eigenvalue weighted by Gasteiger charge is -2.26. The Bertz CT molecular complexity index is 400. The van der Waals surface area contributed by atoms with Crippen LogP contribution in [-0.4, -0.2) is 22.4 Å². The van der Waals surface area contributed by atoms with Crippen molar-refractivity contribution in [3.63, 3.8) is 0 Å². The van der Waals surface area contributed by atoms with Crippen molar-refractivity contribution in [2.75, 3.05) is 0 Å². The Hall–Kier alpha value is -1.86. The monoisotopic (exact) mass is 219 g/mol. The van der Waals surface area contributed by atoms with Gasteiger partial charge in [0, 0.05) is 0 Å². The van der Waals surface area contributed by atoms with E-state index in [1.807, 2.05) is 0 Å². The second-order valence-corrected chi connectivity index (χ2v) is 3.87. The SMILES string of the molecule is CC(C)C(N)(C(=O)O)C(=O)c1c#cccc1. The molecule has 0 radical (unpaired) electrons. The highest BCUT2D eigenvalue weighted by molar-refractivity contribution is 6.15. The van der Waals surface area contributed by atoms with Crippen LogP contribution < -0.4 is 5.73 Å². The van der Waals surface area contributed by atoms with Crippen LogP contribution in [0.25, 0.3) is 0 Å². The van der Waals surface area contributed by atoms with Crippen molar-refractivity contribution < 1.29 is 14.7 Å². The van der Waals surface area contributed by atoms with Gasteiger partial charge < -0.3 is 10.8 Å². The number of carboxylic acid groups (broad SMARTS) is 1. The van der Waals surface area contributed by atoms with E-state index < -0.39 is 23.2 Å². The number of carbonyl (C=O) groups excluding carboxylic acids is 1. The predicted molar refractivity (Wildman–Crippen MR) is 57.8 cm³/mol. The van der Waals surface area contributed by atoms with Gasteiger partial charge in [0.1, 0.15) is 0 Å². The van der Waals surface area contributed by atoms with Gasteiger partial charge in [-0.2, -0.15) is 0 Å². The van der Waals surface area contributed by atoms with Crippen LogP contribution >= 0.6 is 0 Å². The number of Topliss-reactive ketones (excluding diaryl/α,β-unsaturated/α-hetero) is 1. The summed E-state index contributed by atoms with van der Waals surface area (Å²) in [6.07, 6.45) is 0. The van der Waals surface area contributed by atoms with Gasteiger partial charge in [0.2, 0.25) is 5.78 Å². The molecule has 0 spiro atoms. The molecule has 1 unspecified atom stereocenters. The van der Waals surface area contributed by atoms with Crippen molar-refractivity contribution in [3.8, 4) is 0 Å². The molecule has 16 heavy (non-hydrogen) atoms. The standard InChI is InChI=1S/C12H13NO3/c1-8(2)12(13,11(15)16)10(14)9-6-4-3-5-7-9/h3-4,6,8H,13H2,1-2H3,(H,15,16). The van der Waals surface area contributed by atoms with Gasteiger partial charge in [-0.05, 0) is 18.1 Å². The van der Waals surface area contributed by atoms with E-state index in [0.717, 1.165) is 0 Å². The van der Waals surface area contributed by atoms with Crippen molar-refractivity contribution in [1.82, 2.24) is 0 Å². The number of ketones is 1. The molecule has 4 nitrogen and oxygen atoms in total. The van der Waals surface area contributed by atoms with Gasteiger partial charge in [0.25, 0.3) is 0 Å². The second-order valence-electron chi connectivity index (χ2n) is 3.87. The molecular formula is C12H13NO3. The second kappa shape index (κ2) is 4.33. The minimum absolute atomic E-state index is 0.140. The number of carbonyl (C=O) groups is 2. The van der Waals surface area contributed by atoms with Crippen LogP contribution in [0, 0.1) is 18.1 Å². The van der Waals surface area contributed by atoms with Crippen LogP contribution in [0.4, 0.5) is 0 Å². The van der Waals surface area contributed by atoms with Crippen LogP contribution in [0.5, 0.6) is 0 Å². The average molecular weight is 219 g/mol. The lowest BCUT2D eigenvalue weighted by molar-refractivity contribution is -0.142. The summed E-state index contributed by atoms with van der Waals surface area (Å²) in [5.74, 6) is -2.48. The predicted octanol–water partition coefficient (Wildman–Crippen LogP) is 0.908. The highest BCUT2D eigenvalue weighted by Gasteiger charge is 2.45. The van der Waals surface area contributed by atoms with Gasteiger partial charge in [-0.1, -0.05) is 32.0 Å². The smallest absolute Gasteiger partial charge is 0.332 e. The van der Waals surface area contributed by atoms with Crippen LogP contribution in [0.3, 0.4) is 0 Å². The topological polar surface area (TPSA) is 80.4 Å². The fourth-order valence-corrected chi connectivity index (χ4v) is 1.32. The zero-order valence-electron chi connectivity index (χ0n) is 9.15. The molecule has 1 aromatic rings. The molecule has 0 bridgehead atoms. The zero-order valence-corrected chi connectivity index (χ0v) is 9.15. The minimum Gasteiger partial charge on any atom is -0.480 e. The first-order valence-corrected chi connectivity index (χ1v) is 4.86. The number of hydrogen-bond donors (Lipinski definition) is 2. The maximum atomic E-state index is 12.0. The molecular weight excluding hydrogens is 206 g/mol. The van der Waals surface area contributed by atoms with Gasteiger partial charge in [0.05, 0.1) is 5.56 Å². The number of rotatable bonds is 4. The van der Waals surface area contributed by atoms with Crippen molar-refractivity contribution in [2.45, 2.75) is 19.4 Å². The average Bonchev–Trinajstić information content (AvgIpc) is 2.27. The molecule has 4 heteroatoms. The molecule has 0 amide bonds. The van der Waals surface area contributed by atoms with Gasteiger partial charge >= 0.3 is 5.97 Å². The molecule has 3 N–H and O–H groups in total. The molecule has 1 atom stereocenters. The lowest BCUT2D eigenvalue weighted by Crippen LogP contribution is -2.58. The molecule has 84 valence electrons. The Morgan fingerprint density at radius 3 is 2.50 bits per heavy atom. The van der Waals surface area contributed by atoms with Crippen LogP contribution in [-0.2, 0) is 4.79 Å². The lowest BCUT2D eigenvalue weighted by atomic mass is 9.81. The molecule has 0 aliphatic carbocycles. The third-order valence-electron chi connectivity index (χ3n) is 2.53. The zero-order chi connectivity index (χ0) is 12.3. The Balaban J connectivity index is 3.17. The summed E-state index contributed by atoms with van der Waals surface area (Å²) in [6.45, 7) is 3.19. The van der Waals surface area contributed by atoms with Gasteiger partial charge in [0.15, 0.2) is 5.54 Å². The van der Waals surface area contributed by atoms with Crippen LogP contribution in [0.2, 0.25) is 0 Å². The number of hydrogen-bond acceptors (Lipinski definition) is 3. The van der Waals surface area contributed by atoms with Crippen molar-refractivity contribution in [2.24, 2.45) is 11.7 Å². The largest absolute Gasteiger partial charge is 0.480 e. The third-order valence-corrected chi connectivity index (χ3v) is 2.53. The molecule has 0 fully saturated rings. The maximum Gasteiger partial charge on any atom is 0.332 e. The van der Waals surface area contributed by atoms with Crippen LogP contribution in [0.1, 0.15) is 24.2 Å². The highest BCUT2D eigenvalue weighted by Crippen LogP contribution is 2.19. The van der Waals surface area contributed by atoms with E-state index in [1.54, 1.807) is 26.0 Å². The quantitative estimate of drug-likeness (QED) is 0.582. The molecule has 1 rings (SSSR count). The Morgan fingerprint density at radius 1 is 1.50 bits per heavy atom. The summed E-state index contributed by atoms with van der Waals surface area (Å²) in [4.78, 5) is 23.1. The van der Waals surface area contributed by atoms with E-state index in [0.29, 0.717) is 0 Å². The van der Waals surface area contributed by atoms with E-state index >= 15 is 0 Å². The molecule has 0 aliphatic heterocycles. The maximum absolute atomic E-state index is 12.0. The first-order chi connectivity index (χ1) is 7.40. The fourth-order valence-electron chi connectivity index (χ4n) is 1.32. The summed E-state index contributed by atoms with van der Waals surface area (Å²) in [5.41, 5.74) is 3.91. The summed E-state index contributed by atoms with van der Waals surface area (Å²) in [5, 5.41) is 9.06. The van der Waals surface area contributed by atoms with Gasteiger partial charge in [-0.15, -0.1) is 0 Å². The van der Waals surface area contributed by atoms with Crippen molar-refractivity contribution in [1.29, 1.82) is 0 Å². The number of aliphatic carboxylic acids is 1. The Labute approximate surface area is 94.1 Å². The number of carboxylic acids is 1. The first kappa shape index (κ1) is 12.2. The van der Waals surface area contributed by atoms with E-state index in [2.05, 4.69) is 12.1 Å². The normalized spacial score (nSPS) is 14.0. The molecule has 1 aromatic carbocycles. The highest BCUT2D eigenvalue weighted by atomic mass is 16.4. The van der Waals surface area contributed by atoms with Crippen LogP contribution in [0.15, 0.2) is 18.2 Å². The summed E-state index contributed by atoms with van der Waals surface area (Å²) >= 11 is 0. The van der Waals surface area contributed by atoms with Crippen molar-refractivity contribution in [3.05, 3.63) is 35.9 Å². The third kappa shape index (κ3) is 1.90. The Kier molecular flexibility index (Phi) is 3.31. The van der Waals surface area contributed by atoms with E-state index in [-0.39, 0.29) is 5.56 Å². The van der Waals surface area contributed by atoms with Gasteiger partial charge in [-0.3, -0.25) is 4.79 Å². The molecule has 0 saturated carbocycles. The Morgan fingerprint density at radius 2 is 2.12 bits per heavy atom. The fraction of sp³-hybridized carbons (Fsp3) is 0.333. The molecule has 0 heterocycles.